The molecule has 1 aromatic heterocycles. The normalized spacial score (nSPS) is 10.3. The molecule has 1 heterocycles. The number of benzene rings is 1. The highest BCUT2D eigenvalue weighted by Crippen LogP contribution is 2.24. The molecule has 2 rings (SSSR count). The highest BCUT2D eigenvalue weighted by Gasteiger charge is 2.11. The fourth-order valence-electron chi connectivity index (χ4n) is 1.48. The molecule has 3 N–H and O–H groups in total. The van der Waals surface area contributed by atoms with E-state index in [-0.39, 0.29) is 11.6 Å². The number of nitrogens with two attached hydrogens (primary N) is 1. The molecule has 0 amide bonds. The van der Waals surface area contributed by atoms with Gasteiger partial charge in [-0.2, -0.15) is 4.98 Å². The zero-order valence-electron chi connectivity index (χ0n) is 8.60. The molecule has 1 aromatic carbocycles. The van der Waals surface area contributed by atoms with Crippen LogP contribution in [0.5, 0.6) is 0 Å². The van der Waals surface area contributed by atoms with Crippen LogP contribution in [0.3, 0.4) is 0 Å². The van der Waals surface area contributed by atoms with Crippen LogP contribution in [-0.4, -0.2) is 16.1 Å². The zero-order valence-corrected chi connectivity index (χ0v) is 8.60. The molecule has 0 unspecified atom stereocenters. The van der Waals surface area contributed by atoms with Crippen molar-refractivity contribution in [3.63, 3.8) is 0 Å². The smallest absolute Gasteiger partial charge is 0.335 e. The van der Waals surface area contributed by atoms with Crippen LogP contribution in [-0.2, 0) is 0 Å². The lowest BCUT2D eigenvalue weighted by Crippen LogP contribution is -1.96. The van der Waals surface area contributed by atoms with Gasteiger partial charge in [0.15, 0.2) is 0 Å². The lowest BCUT2D eigenvalue weighted by Gasteiger charge is -1.99. The lowest BCUT2D eigenvalue weighted by molar-refractivity contribution is 0.0697. The summed E-state index contributed by atoms with van der Waals surface area (Å²) >= 11 is 0. The first-order chi connectivity index (χ1) is 7.58. The van der Waals surface area contributed by atoms with Gasteiger partial charge in [0, 0.05) is 5.56 Å². The minimum absolute atomic E-state index is 0.0771. The van der Waals surface area contributed by atoms with E-state index in [0.717, 1.165) is 0 Å². The van der Waals surface area contributed by atoms with Crippen LogP contribution in [0.4, 0.5) is 6.01 Å². The zero-order chi connectivity index (χ0) is 11.7. The molecule has 5 heteroatoms. The fourth-order valence-corrected chi connectivity index (χ4v) is 1.48. The summed E-state index contributed by atoms with van der Waals surface area (Å²) in [5.41, 5.74) is 6.88. The number of aromatic nitrogens is 1. The van der Waals surface area contributed by atoms with E-state index in [1.54, 1.807) is 19.1 Å². The van der Waals surface area contributed by atoms with Gasteiger partial charge < -0.3 is 15.3 Å². The number of oxazole rings is 1. The van der Waals surface area contributed by atoms with E-state index in [1.165, 1.54) is 12.1 Å². The molecule has 0 radical (unpaired) electrons. The minimum Gasteiger partial charge on any atom is -0.478 e. The first-order valence-corrected chi connectivity index (χ1v) is 4.64. The Morgan fingerprint density at radius 3 is 2.81 bits per heavy atom. The van der Waals surface area contributed by atoms with Gasteiger partial charge in [-0.3, -0.25) is 0 Å². The fraction of sp³-hybridized carbons (Fsp3) is 0.0909. The van der Waals surface area contributed by atoms with Crippen LogP contribution in [0.25, 0.3) is 11.3 Å². The predicted molar refractivity (Wildman–Crippen MR) is 58.0 cm³/mol. The molecule has 5 nitrogen and oxygen atoms in total. The Morgan fingerprint density at radius 1 is 1.50 bits per heavy atom. The van der Waals surface area contributed by atoms with E-state index >= 15 is 0 Å². The van der Waals surface area contributed by atoms with E-state index in [2.05, 4.69) is 4.98 Å². The molecular weight excluding hydrogens is 208 g/mol. The Morgan fingerprint density at radius 2 is 2.25 bits per heavy atom. The SMILES string of the molecule is Cc1oc(N)nc1-c1cccc(C(=O)O)c1. The third-order valence-corrected chi connectivity index (χ3v) is 2.20. The van der Waals surface area contributed by atoms with Crippen LogP contribution in [0, 0.1) is 6.92 Å². The second kappa shape index (κ2) is 3.69. The number of carbonyl (C=O) groups is 1. The second-order valence-corrected chi connectivity index (χ2v) is 3.34. The average molecular weight is 218 g/mol. The molecule has 0 aliphatic carbocycles. The van der Waals surface area contributed by atoms with E-state index in [9.17, 15) is 4.79 Å². The quantitative estimate of drug-likeness (QED) is 0.803. The van der Waals surface area contributed by atoms with Crippen LogP contribution in [0.2, 0.25) is 0 Å². The van der Waals surface area contributed by atoms with Gasteiger partial charge in [-0.15, -0.1) is 0 Å². The predicted octanol–water partition coefficient (Wildman–Crippen LogP) is 1.93. The lowest BCUT2D eigenvalue weighted by atomic mass is 10.1. The highest BCUT2D eigenvalue weighted by molar-refractivity contribution is 5.89. The number of hydrogen-bond donors (Lipinski definition) is 2. The standard InChI is InChI=1S/C11H10N2O3/c1-6-9(13-11(12)16-6)7-3-2-4-8(5-7)10(14)15/h2-5H,1H3,(H2,12,13)(H,14,15). The van der Waals surface area contributed by atoms with Crippen molar-refractivity contribution in [2.24, 2.45) is 0 Å². The molecule has 0 saturated heterocycles. The van der Waals surface area contributed by atoms with Gasteiger partial charge in [-0.25, -0.2) is 4.79 Å². The molecule has 0 aliphatic heterocycles. The number of hydrogen-bond acceptors (Lipinski definition) is 4. The van der Waals surface area contributed by atoms with Gasteiger partial charge in [-0.05, 0) is 19.1 Å². The summed E-state index contributed by atoms with van der Waals surface area (Å²) in [6, 6.07) is 6.55. The van der Waals surface area contributed by atoms with Crippen molar-refractivity contribution in [2.75, 3.05) is 5.73 Å². The van der Waals surface area contributed by atoms with Crippen molar-refractivity contribution >= 4 is 12.0 Å². The van der Waals surface area contributed by atoms with Crippen LogP contribution < -0.4 is 5.73 Å². The van der Waals surface area contributed by atoms with Crippen molar-refractivity contribution in [3.05, 3.63) is 35.6 Å². The summed E-state index contributed by atoms with van der Waals surface area (Å²) < 4.78 is 5.09. The van der Waals surface area contributed by atoms with Crippen molar-refractivity contribution < 1.29 is 14.3 Å². The number of aromatic carboxylic acids is 1. The van der Waals surface area contributed by atoms with E-state index in [4.69, 9.17) is 15.3 Å². The third kappa shape index (κ3) is 1.75. The summed E-state index contributed by atoms with van der Waals surface area (Å²) in [6.45, 7) is 1.73. The maximum atomic E-state index is 10.8. The molecule has 0 saturated carbocycles. The minimum atomic E-state index is -0.976. The molecule has 0 fully saturated rings. The molecule has 2 aromatic rings. The molecule has 0 bridgehead atoms. The van der Waals surface area contributed by atoms with Gasteiger partial charge in [0.25, 0.3) is 6.01 Å². The van der Waals surface area contributed by atoms with Crippen LogP contribution in [0.1, 0.15) is 16.1 Å². The number of nitrogen functional groups attached to an aromatic ring is 1. The van der Waals surface area contributed by atoms with E-state index in [1.807, 2.05) is 0 Å². The molecule has 0 aliphatic rings. The third-order valence-electron chi connectivity index (χ3n) is 2.20. The molecule has 0 atom stereocenters. The summed E-state index contributed by atoms with van der Waals surface area (Å²) in [5.74, 6) is -0.406. The molecular formula is C11H10N2O3. The van der Waals surface area contributed by atoms with Gasteiger partial charge in [-0.1, -0.05) is 12.1 Å². The van der Waals surface area contributed by atoms with Crippen LogP contribution >= 0.6 is 0 Å². The number of nitrogens with zero attached hydrogens (tertiary/aromatic N) is 1. The Bertz CT molecular complexity index is 546. The summed E-state index contributed by atoms with van der Waals surface area (Å²) in [6.07, 6.45) is 0. The number of aryl methyl sites for hydroxylation is 1. The first-order valence-electron chi connectivity index (χ1n) is 4.64. The Hall–Kier alpha value is -2.30. The van der Waals surface area contributed by atoms with Crippen molar-refractivity contribution in [3.8, 4) is 11.3 Å². The maximum absolute atomic E-state index is 10.8. The summed E-state index contributed by atoms with van der Waals surface area (Å²) in [7, 11) is 0. The number of anilines is 1. The average Bonchev–Trinajstić information content (AvgIpc) is 2.58. The van der Waals surface area contributed by atoms with E-state index in [0.29, 0.717) is 17.0 Å². The number of carboxylic acids is 1. The van der Waals surface area contributed by atoms with E-state index < -0.39 is 5.97 Å². The summed E-state index contributed by atoms with van der Waals surface area (Å²) in [5, 5.41) is 8.86. The van der Waals surface area contributed by atoms with Gasteiger partial charge in [0.2, 0.25) is 0 Å². The Labute approximate surface area is 91.5 Å². The number of rotatable bonds is 2. The molecule has 82 valence electrons. The topological polar surface area (TPSA) is 89.4 Å². The Balaban J connectivity index is 2.52. The van der Waals surface area contributed by atoms with Crippen molar-refractivity contribution in [1.82, 2.24) is 4.98 Å². The maximum Gasteiger partial charge on any atom is 0.335 e. The second-order valence-electron chi connectivity index (χ2n) is 3.34. The van der Waals surface area contributed by atoms with Crippen molar-refractivity contribution in [2.45, 2.75) is 6.92 Å². The first kappa shape index (κ1) is 10.2. The van der Waals surface area contributed by atoms with Gasteiger partial charge in [0.05, 0.1) is 5.56 Å². The van der Waals surface area contributed by atoms with Gasteiger partial charge in [0.1, 0.15) is 11.5 Å². The highest BCUT2D eigenvalue weighted by atomic mass is 16.4. The largest absolute Gasteiger partial charge is 0.478 e. The molecule has 16 heavy (non-hydrogen) atoms. The monoisotopic (exact) mass is 218 g/mol. The van der Waals surface area contributed by atoms with Crippen LogP contribution in [0.15, 0.2) is 28.7 Å². The van der Waals surface area contributed by atoms with Crippen molar-refractivity contribution in [1.29, 1.82) is 0 Å². The Kier molecular flexibility index (Phi) is 2.36. The van der Waals surface area contributed by atoms with Gasteiger partial charge >= 0.3 is 5.97 Å². The molecule has 0 spiro atoms. The summed E-state index contributed by atoms with van der Waals surface area (Å²) in [4.78, 5) is 14.8. The number of carboxylic acid groups (broad SMARTS) is 1.